The highest BCUT2D eigenvalue weighted by Gasteiger charge is 2.25. The molecule has 18 heavy (non-hydrogen) atoms. The van der Waals surface area contributed by atoms with E-state index in [1.54, 1.807) is 13.0 Å². The molecule has 0 aliphatic heterocycles. The first-order chi connectivity index (χ1) is 8.43. The number of anilines is 1. The molecule has 0 amide bonds. The molecule has 4 N–H and O–H groups in total. The second-order valence-corrected chi connectivity index (χ2v) is 5.78. The average Bonchev–Trinajstić information content (AvgIpc) is 2.28. The first-order valence-electron chi connectivity index (χ1n) is 5.51. The molecule has 0 aliphatic rings. The van der Waals surface area contributed by atoms with E-state index in [0.717, 1.165) is 4.31 Å². The molecule has 0 bridgehead atoms. The van der Waals surface area contributed by atoms with E-state index in [1.807, 2.05) is 0 Å². The third-order valence-corrected chi connectivity index (χ3v) is 4.57. The van der Waals surface area contributed by atoms with Gasteiger partial charge in [0.2, 0.25) is 10.0 Å². The first-order valence-corrected chi connectivity index (χ1v) is 6.95. The molecular formula is C11H18N2O4S. The van der Waals surface area contributed by atoms with Gasteiger partial charge in [0.25, 0.3) is 0 Å². The number of hydrogen-bond acceptors (Lipinski definition) is 5. The predicted octanol–water partition coefficient (Wildman–Crippen LogP) is -0.447. The van der Waals surface area contributed by atoms with Crippen LogP contribution in [0.15, 0.2) is 23.1 Å². The van der Waals surface area contributed by atoms with Crippen molar-refractivity contribution in [1.82, 2.24) is 4.31 Å². The summed E-state index contributed by atoms with van der Waals surface area (Å²) in [6.45, 7) is 0.958. The second kappa shape index (κ2) is 6.14. The summed E-state index contributed by atoms with van der Waals surface area (Å²) in [5, 5.41) is 17.8. The van der Waals surface area contributed by atoms with E-state index in [2.05, 4.69) is 0 Å². The second-order valence-electron chi connectivity index (χ2n) is 3.88. The van der Waals surface area contributed by atoms with Crippen LogP contribution in [-0.2, 0) is 10.0 Å². The minimum atomic E-state index is -3.72. The Kier molecular flexibility index (Phi) is 5.09. The highest BCUT2D eigenvalue weighted by Crippen LogP contribution is 2.21. The maximum Gasteiger partial charge on any atom is 0.243 e. The number of aliphatic hydroxyl groups excluding tert-OH is 2. The fraction of sp³-hybridized carbons (Fsp3) is 0.455. The van der Waals surface area contributed by atoms with Gasteiger partial charge >= 0.3 is 0 Å². The van der Waals surface area contributed by atoms with Gasteiger partial charge in [-0.1, -0.05) is 0 Å². The smallest absolute Gasteiger partial charge is 0.243 e. The van der Waals surface area contributed by atoms with Gasteiger partial charge < -0.3 is 15.9 Å². The summed E-state index contributed by atoms with van der Waals surface area (Å²) in [5.41, 5.74) is 6.60. The average molecular weight is 274 g/mol. The van der Waals surface area contributed by atoms with Crippen LogP contribution >= 0.6 is 0 Å². The van der Waals surface area contributed by atoms with Crippen LogP contribution in [0.2, 0.25) is 0 Å². The molecule has 0 unspecified atom stereocenters. The number of nitrogen functional groups attached to an aromatic ring is 1. The van der Waals surface area contributed by atoms with Crippen molar-refractivity contribution in [3.63, 3.8) is 0 Å². The lowest BCUT2D eigenvalue weighted by molar-refractivity contribution is 0.217. The topological polar surface area (TPSA) is 104 Å². The number of rotatable bonds is 6. The molecule has 0 aliphatic carbocycles. The van der Waals surface area contributed by atoms with Crippen LogP contribution in [0, 0.1) is 6.92 Å². The lowest BCUT2D eigenvalue weighted by Gasteiger charge is -2.21. The van der Waals surface area contributed by atoms with Gasteiger partial charge in [0.05, 0.1) is 18.1 Å². The fourth-order valence-electron chi connectivity index (χ4n) is 1.68. The molecule has 7 heteroatoms. The van der Waals surface area contributed by atoms with Crippen molar-refractivity contribution in [2.75, 3.05) is 32.0 Å². The van der Waals surface area contributed by atoms with Crippen LogP contribution in [0.4, 0.5) is 5.69 Å². The highest BCUT2D eigenvalue weighted by molar-refractivity contribution is 7.89. The molecule has 1 rings (SSSR count). The summed E-state index contributed by atoms with van der Waals surface area (Å²) in [6, 6.07) is 4.51. The van der Waals surface area contributed by atoms with E-state index in [1.165, 1.54) is 12.1 Å². The number of sulfonamides is 1. The molecule has 0 aromatic heterocycles. The number of aryl methyl sites for hydroxylation is 1. The third kappa shape index (κ3) is 3.20. The van der Waals surface area contributed by atoms with Crippen LogP contribution in [-0.4, -0.2) is 49.2 Å². The monoisotopic (exact) mass is 274 g/mol. The molecule has 0 saturated carbocycles. The lowest BCUT2D eigenvalue weighted by atomic mass is 10.2. The van der Waals surface area contributed by atoms with E-state index in [0.29, 0.717) is 11.3 Å². The molecule has 0 fully saturated rings. The Morgan fingerprint density at radius 2 is 1.78 bits per heavy atom. The number of benzene rings is 1. The van der Waals surface area contributed by atoms with E-state index in [-0.39, 0.29) is 31.2 Å². The quantitative estimate of drug-likeness (QED) is 0.610. The van der Waals surface area contributed by atoms with Crippen molar-refractivity contribution in [1.29, 1.82) is 0 Å². The summed E-state index contributed by atoms with van der Waals surface area (Å²) < 4.78 is 25.7. The van der Waals surface area contributed by atoms with Crippen molar-refractivity contribution in [3.8, 4) is 0 Å². The molecule has 0 spiro atoms. The van der Waals surface area contributed by atoms with Crippen LogP contribution in [0.5, 0.6) is 0 Å². The van der Waals surface area contributed by atoms with Crippen molar-refractivity contribution in [2.24, 2.45) is 0 Å². The Bertz CT molecular complexity index is 496. The number of hydrogen-bond donors (Lipinski definition) is 3. The van der Waals surface area contributed by atoms with Crippen molar-refractivity contribution >= 4 is 15.7 Å². The minimum absolute atomic E-state index is 0.0489. The first kappa shape index (κ1) is 14.9. The van der Waals surface area contributed by atoms with Crippen molar-refractivity contribution in [3.05, 3.63) is 23.8 Å². The Labute approximate surface area is 107 Å². The standard InChI is InChI=1S/C11H18N2O4S/c1-9-8-10(12)2-3-11(9)18(16,17)13(4-6-14)5-7-15/h2-3,8,14-15H,4-7,12H2,1H3. The third-order valence-electron chi connectivity index (χ3n) is 2.52. The maximum atomic E-state index is 12.3. The molecule has 1 aromatic carbocycles. The lowest BCUT2D eigenvalue weighted by Crippen LogP contribution is -2.36. The van der Waals surface area contributed by atoms with Gasteiger partial charge in [-0.25, -0.2) is 8.42 Å². The number of aliphatic hydroxyl groups is 2. The Hall–Kier alpha value is -1.15. The van der Waals surface area contributed by atoms with Gasteiger partial charge in [0, 0.05) is 18.8 Å². The highest BCUT2D eigenvalue weighted by atomic mass is 32.2. The van der Waals surface area contributed by atoms with Crippen LogP contribution in [0.3, 0.4) is 0 Å². The van der Waals surface area contributed by atoms with Crippen molar-refractivity contribution in [2.45, 2.75) is 11.8 Å². The molecule has 102 valence electrons. The van der Waals surface area contributed by atoms with E-state index >= 15 is 0 Å². The SMILES string of the molecule is Cc1cc(N)ccc1S(=O)(=O)N(CCO)CCO. The van der Waals surface area contributed by atoms with Gasteiger partial charge in [0.1, 0.15) is 0 Å². The van der Waals surface area contributed by atoms with Crippen LogP contribution in [0.1, 0.15) is 5.56 Å². The van der Waals surface area contributed by atoms with Crippen LogP contribution < -0.4 is 5.73 Å². The van der Waals surface area contributed by atoms with E-state index in [4.69, 9.17) is 15.9 Å². The summed E-state index contributed by atoms with van der Waals surface area (Å²) in [6.07, 6.45) is 0. The molecule has 0 saturated heterocycles. The summed E-state index contributed by atoms with van der Waals surface area (Å²) in [4.78, 5) is 0.138. The maximum absolute atomic E-state index is 12.3. The number of nitrogens with two attached hydrogens (primary N) is 1. The zero-order valence-electron chi connectivity index (χ0n) is 10.2. The summed E-state index contributed by atoms with van der Waals surface area (Å²) >= 11 is 0. The Morgan fingerprint density at radius 3 is 2.22 bits per heavy atom. The zero-order chi connectivity index (χ0) is 13.8. The minimum Gasteiger partial charge on any atom is -0.399 e. The Morgan fingerprint density at radius 1 is 1.22 bits per heavy atom. The van der Waals surface area contributed by atoms with E-state index < -0.39 is 10.0 Å². The zero-order valence-corrected chi connectivity index (χ0v) is 11.0. The predicted molar refractivity (Wildman–Crippen MR) is 68.5 cm³/mol. The summed E-state index contributed by atoms with van der Waals surface area (Å²) in [5.74, 6) is 0. The van der Waals surface area contributed by atoms with Gasteiger partial charge in [-0.3, -0.25) is 0 Å². The summed E-state index contributed by atoms with van der Waals surface area (Å²) in [7, 11) is -3.72. The molecule has 0 atom stereocenters. The molecule has 0 radical (unpaired) electrons. The van der Waals surface area contributed by atoms with Gasteiger partial charge in [-0.15, -0.1) is 0 Å². The van der Waals surface area contributed by atoms with Gasteiger partial charge in [-0.2, -0.15) is 4.31 Å². The van der Waals surface area contributed by atoms with Crippen molar-refractivity contribution < 1.29 is 18.6 Å². The normalized spacial score (nSPS) is 12.0. The van der Waals surface area contributed by atoms with Gasteiger partial charge in [0.15, 0.2) is 0 Å². The van der Waals surface area contributed by atoms with Gasteiger partial charge in [-0.05, 0) is 30.7 Å². The fourth-order valence-corrected chi connectivity index (χ4v) is 3.30. The molecular weight excluding hydrogens is 256 g/mol. The largest absolute Gasteiger partial charge is 0.399 e. The molecule has 0 heterocycles. The van der Waals surface area contributed by atoms with Crippen LogP contribution in [0.25, 0.3) is 0 Å². The molecule has 1 aromatic rings. The Balaban J connectivity index is 3.17. The molecule has 6 nitrogen and oxygen atoms in total. The number of nitrogens with zero attached hydrogens (tertiary/aromatic N) is 1. The van der Waals surface area contributed by atoms with E-state index in [9.17, 15) is 8.42 Å².